The molecule has 5 atom stereocenters. The molecular weight excluding hydrogens is 432 g/mol. The molecule has 0 amide bonds. The molecular formula is C15H17BrN2O7S. The Morgan fingerprint density at radius 3 is 2.65 bits per heavy atom. The number of carbonyl (C=O) groups excluding carboxylic acids is 3. The lowest BCUT2D eigenvalue weighted by molar-refractivity contribution is -0.192. The third-order valence-corrected chi connectivity index (χ3v) is 5.05. The molecule has 142 valence electrons. The van der Waals surface area contributed by atoms with Crippen LogP contribution >= 0.6 is 27.7 Å². The fourth-order valence-electron chi connectivity index (χ4n) is 2.42. The maximum Gasteiger partial charge on any atom is 0.302 e. The van der Waals surface area contributed by atoms with Crippen LogP contribution in [-0.4, -0.2) is 60.3 Å². The zero-order valence-electron chi connectivity index (χ0n) is 13.6. The number of aromatic nitrogens is 1. The van der Waals surface area contributed by atoms with Gasteiger partial charge in [0.05, 0.1) is 6.04 Å². The van der Waals surface area contributed by atoms with Crippen molar-refractivity contribution in [2.75, 3.05) is 6.61 Å². The van der Waals surface area contributed by atoms with Crippen LogP contribution in [0.1, 0.15) is 6.92 Å². The van der Waals surface area contributed by atoms with E-state index in [9.17, 15) is 14.4 Å². The Kier molecular flexibility index (Phi) is 7.82. The molecule has 11 heteroatoms. The van der Waals surface area contributed by atoms with Crippen LogP contribution in [0.4, 0.5) is 0 Å². The van der Waals surface area contributed by atoms with Gasteiger partial charge in [0.15, 0.2) is 6.10 Å². The molecule has 0 aliphatic carbocycles. The van der Waals surface area contributed by atoms with Gasteiger partial charge in [-0.1, -0.05) is 11.8 Å². The normalized spacial score (nSPS) is 28.0. The number of pyridine rings is 1. The summed E-state index contributed by atoms with van der Waals surface area (Å²) in [7, 11) is 0. The largest absolute Gasteiger partial charge is 0.463 e. The van der Waals surface area contributed by atoms with Crippen molar-refractivity contribution >= 4 is 46.6 Å². The third kappa shape index (κ3) is 5.40. The van der Waals surface area contributed by atoms with Crippen LogP contribution in [0.15, 0.2) is 27.8 Å². The maximum atomic E-state index is 11.1. The van der Waals surface area contributed by atoms with Gasteiger partial charge in [-0.05, 0) is 22.0 Å². The Morgan fingerprint density at radius 1 is 1.35 bits per heavy atom. The first kappa shape index (κ1) is 20.6. The van der Waals surface area contributed by atoms with Gasteiger partial charge in [-0.3, -0.25) is 19.4 Å². The minimum Gasteiger partial charge on any atom is -0.463 e. The Labute approximate surface area is 162 Å². The lowest BCUT2D eigenvalue weighted by Gasteiger charge is -2.42. The van der Waals surface area contributed by atoms with E-state index in [-0.39, 0.29) is 19.6 Å². The van der Waals surface area contributed by atoms with E-state index in [1.54, 1.807) is 18.5 Å². The summed E-state index contributed by atoms with van der Waals surface area (Å²) in [5.41, 5.74) is 5.42. The fourth-order valence-corrected chi connectivity index (χ4v) is 4.10. The van der Waals surface area contributed by atoms with Crippen LogP contribution in [0.3, 0.4) is 0 Å². The van der Waals surface area contributed by atoms with E-state index in [1.807, 2.05) is 0 Å². The van der Waals surface area contributed by atoms with E-state index < -0.39 is 35.8 Å². The number of hydrogen-bond donors (Lipinski definition) is 1. The summed E-state index contributed by atoms with van der Waals surface area (Å²) in [5.74, 6) is -0.515. The van der Waals surface area contributed by atoms with Crippen molar-refractivity contribution in [1.29, 1.82) is 0 Å². The number of thioether (sulfide) groups is 1. The zero-order chi connectivity index (χ0) is 19.1. The fraction of sp³-hybridized carbons (Fsp3) is 0.467. The SMILES string of the molecule is CC(=O)OCC1OC(Sc2cncc(Br)c2)C(OC=O)C(N)C1OC=O. The molecule has 9 nitrogen and oxygen atoms in total. The van der Waals surface area contributed by atoms with Crippen molar-refractivity contribution in [3.05, 3.63) is 22.9 Å². The van der Waals surface area contributed by atoms with Crippen molar-refractivity contribution < 1.29 is 33.3 Å². The van der Waals surface area contributed by atoms with Crippen molar-refractivity contribution in [3.63, 3.8) is 0 Å². The molecule has 0 radical (unpaired) electrons. The molecule has 2 heterocycles. The first-order valence-electron chi connectivity index (χ1n) is 7.46. The van der Waals surface area contributed by atoms with Crippen LogP contribution in [0.25, 0.3) is 0 Å². The second kappa shape index (κ2) is 9.86. The molecule has 1 aliphatic heterocycles. The molecule has 2 rings (SSSR count). The number of esters is 1. The van der Waals surface area contributed by atoms with Crippen molar-refractivity contribution in [3.8, 4) is 0 Å². The van der Waals surface area contributed by atoms with Gasteiger partial charge in [-0.15, -0.1) is 0 Å². The van der Waals surface area contributed by atoms with Crippen molar-refractivity contribution in [1.82, 2.24) is 4.98 Å². The number of nitrogens with zero attached hydrogens (tertiary/aromatic N) is 1. The lowest BCUT2D eigenvalue weighted by Crippen LogP contribution is -2.63. The number of carbonyl (C=O) groups is 3. The van der Waals surface area contributed by atoms with Crippen LogP contribution < -0.4 is 5.73 Å². The summed E-state index contributed by atoms with van der Waals surface area (Å²) in [6.45, 7) is 1.56. The Bertz CT molecular complexity index is 650. The van der Waals surface area contributed by atoms with Crippen molar-refractivity contribution in [2.45, 2.75) is 41.6 Å². The van der Waals surface area contributed by atoms with Crippen LogP contribution in [0.5, 0.6) is 0 Å². The molecule has 1 fully saturated rings. The second-order valence-corrected chi connectivity index (χ2v) is 7.36. The minimum atomic E-state index is -0.950. The molecule has 1 aliphatic rings. The monoisotopic (exact) mass is 448 g/mol. The minimum absolute atomic E-state index is 0.164. The first-order chi connectivity index (χ1) is 12.5. The maximum absolute atomic E-state index is 11.1. The Balaban J connectivity index is 2.23. The van der Waals surface area contributed by atoms with Crippen LogP contribution in [0, 0.1) is 0 Å². The molecule has 1 aromatic rings. The molecule has 1 aromatic heterocycles. The highest BCUT2D eigenvalue weighted by molar-refractivity contribution is 9.10. The number of nitrogens with two attached hydrogens (primary N) is 1. The molecule has 2 N–H and O–H groups in total. The highest BCUT2D eigenvalue weighted by Crippen LogP contribution is 2.35. The highest BCUT2D eigenvalue weighted by atomic mass is 79.9. The van der Waals surface area contributed by atoms with Crippen LogP contribution in [0.2, 0.25) is 0 Å². The van der Waals surface area contributed by atoms with Crippen LogP contribution in [-0.2, 0) is 33.3 Å². The number of halogens is 1. The molecule has 0 aromatic carbocycles. The smallest absolute Gasteiger partial charge is 0.302 e. The van der Waals surface area contributed by atoms with E-state index in [0.717, 1.165) is 9.37 Å². The summed E-state index contributed by atoms with van der Waals surface area (Å²) in [4.78, 5) is 37.6. The summed E-state index contributed by atoms with van der Waals surface area (Å²) in [6, 6.07) is 0.928. The summed E-state index contributed by atoms with van der Waals surface area (Å²) >= 11 is 4.55. The molecule has 0 bridgehead atoms. The molecule has 1 saturated heterocycles. The number of hydrogen-bond acceptors (Lipinski definition) is 10. The number of ether oxygens (including phenoxy) is 4. The van der Waals surface area contributed by atoms with Gasteiger partial charge < -0.3 is 24.7 Å². The molecule has 0 spiro atoms. The molecule has 26 heavy (non-hydrogen) atoms. The van der Waals surface area contributed by atoms with E-state index >= 15 is 0 Å². The Hall–Kier alpha value is -1.69. The standard InChI is InChI=1S/C15H17BrN2O7S/c1-8(21)22-5-11-13(23-6-19)12(17)14(24-7-20)15(25-11)26-10-2-9(16)3-18-4-10/h2-4,6-7,11-15H,5,17H2,1H3. The van der Waals surface area contributed by atoms with Gasteiger partial charge in [0, 0.05) is 28.7 Å². The topological polar surface area (TPSA) is 127 Å². The molecule has 0 saturated carbocycles. The van der Waals surface area contributed by atoms with Gasteiger partial charge in [0.25, 0.3) is 12.9 Å². The summed E-state index contributed by atoms with van der Waals surface area (Å²) in [6.07, 6.45) is 0.568. The predicted octanol–water partition coefficient (Wildman–Crippen LogP) is 0.635. The number of rotatable bonds is 8. The average Bonchev–Trinajstić information content (AvgIpc) is 2.59. The average molecular weight is 449 g/mol. The Morgan fingerprint density at radius 2 is 2.04 bits per heavy atom. The second-order valence-electron chi connectivity index (χ2n) is 5.27. The third-order valence-electron chi connectivity index (χ3n) is 3.51. The first-order valence-corrected chi connectivity index (χ1v) is 9.13. The van der Waals surface area contributed by atoms with E-state index in [4.69, 9.17) is 24.7 Å². The van der Waals surface area contributed by atoms with E-state index in [1.165, 1.54) is 18.7 Å². The van der Waals surface area contributed by atoms with Gasteiger partial charge in [0.1, 0.15) is 24.3 Å². The van der Waals surface area contributed by atoms with Gasteiger partial charge in [-0.25, -0.2) is 0 Å². The van der Waals surface area contributed by atoms with Gasteiger partial charge in [0.2, 0.25) is 0 Å². The summed E-state index contributed by atoms with van der Waals surface area (Å²) < 4.78 is 21.7. The predicted molar refractivity (Wildman–Crippen MR) is 92.9 cm³/mol. The highest BCUT2D eigenvalue weighted by Gasteiger charge is 2.47. The zero-order valence-corrected chi connectivity index (χ0v) is 16.1. The molecule has 5 unspecified atom stereocenters. The van der Waals surface area contributed by atoms with E-state index in [2.05, 4.69) is 20.9 Å². The van der Waals surface area contributed by atoms with Gasteiger partial charge >= 0.3 is 5.97 Å². The van der Waals surface area contributed by atoms with E-state index in [0.29, 0.717) is 0 Å². The summed E-state index contributed by atoms with van der Waals surface area (Å²) in [5, 5.41) is 0. The van der Waals surface area contributed by atoms with Gasteiger partial charge in [-0.2, -0.15) is 0 Å². The lowest BCUT2D eigenvalue weighted by atomic mass is 9.98. The van der Waals surface area contributed by atoms with Crippen molar-refractivity contribution in [2.24, 2.45) is 5.73 Å². The quantitative estimate of drug-likeness (QED) is 0.343.